The summed E-state index contributed by atoms with van der Waals surface area (Å²) < 4.78 is 6.58. The average Bonchev–Trinajstić information content (AvgIpc) is 2.98. The van der Waals surface area contributed by atoms with E-state index in [0.717, 1.165) is 49.1 Å². The van der Waals surface area contributed by atoms with E-state index >= 15 is 0 Å². The molecule has 2 N–H and O–H groups in total. The van der Waals surface area contributed by atoms with Crippen molar-refractivity contribution in [3.05, 3.63) is 18.2 Å². The molecule has 2 aromatic rings. The van der Waals surface area contributed by atoms with E-state index in [1.54, 1.807) is 18.4 Å². The Balaban J connectivity index is 1.76. The SMILES string of the molecule is COc1cccc2sc(N3CCN(C(C)CN)CC3)nc12. The number of ether oxygens (including phenoxy) is 1. The van der Waals surface area contributed by atoms with E-state index < -0.39 is 0 Å². The third-order valence-corrected chi connectivity index (χ3v) is 5.22. The fourth-order valence-corrected chi connectivity index (χ4v) is 3.75. The number of fused-ring (bicyclic) bond motifs is 1. The smallest absolute Gasteiger partial charge is 0.186 e. The molecule has 114 valence electrons. The number of piperazine rings is 1. The number of thiazole rings is 1. The molecule has 0 spiro atoms. The van der Waals surface area contributed by atoms with Gasteiger partial charge in [0, 0.05) is 38.8 Å². The third kappa shape index (κ3) is 2.84. The fourth-order valence-electron chi connectivity index (χ4n) is 2.71. The van der Waals surface area contributed by atoms with E-state index in [0.29, 0.717) is 6.04 Å². The molecule has 1 aliphatic rings. The summed E-state index contributed by atoms with van der Waals surface area (Å²) in [6.45, 7) is 7.02. The standard InChI is InChI=1S/C15H22N4OS/c1-11(10-16)18-6-8-19(9-7-18)15-17-14-12(20-2)4-3-5-13(14)21-15/h3-5,11H,6-10,16H2,1-2H3. The molecule has 1 unspecified atom stereocenters. The average molecular weight is 306 g/mol. The van der Waals surface area contributed by atoms with Crippen LogP contribution in [0, 0.1) is 0 Å². The number of anilines is 1. The lowest BCUT2D eigenvalue weighted by atomic mass is 10.2. The van der Waals surface area contributed by atoms with Crippen molar-refractivity contribution < 1.29 is 4.74 Å². The number of nitrogens with two attached hydrogens (primary N) is 1. The summed E-state index contributed by atoms with van der Waals surface area (Å²) in [4.78, 5) is 9.59. The number of nitrogens with zero attached hydrogens (tertiary/aromatic N) is 3. The van der Waals surface area contributed by atoms with Gasteiger partial charge in [0.1, 0.15) is 11.3 Å². The van der Waals surface area contributed by atoms with Crippen molar-refractivity contribution in [1.29, 1.82) is 0 Å². The first-order chi connectivity index (χ1) is 10.2. The quantitative estimate of drug-likeness (QED) is 0.933. The van der Waals surface area contributed by atoms with Gasteiger partial charge in [0.05, 0.1) is 11.8 Å². The van der Waals surface area contributed by atoms with Crippen molar-refractivity contribution >= 4 is 26.7 Å². The van der Waals surface area contributed by atoms with Gasteiger partial charge in [-0.25, -0.2) is 4.98 Å². The second kappa shape index (κ2) is 6.17. The molecule has 0 bridgehead atoms. The highest BCUT2D eigenvalue weighted by atomic mass is 32.1. The molecule has 3 rings (SSSR count). The number of methoxy groups -OCH3 is 1. The second-order valence-electron chi connectivity index (χ2n) is 5.41. The monoisotopic (exact) mass is 306 g/mol. The van der Waals surface area contributed by atoms with Gasteiger partial charge in [-0.3, -0.25) is 4.90 Å². The molecule has 1 atom stereocenters. The maximum atomic E-state index is 5.75. The number of aromatic nitrogens is 1. The summed E-state index contributed by atoms with van der Waals surface area (Å²) in [5, 5.41) is 1.09. The molecule has 1 aromatic carbocycles. The first kappa shape index (κ1) is 14.6. The van der Waals surface area contributed by atoms with Crippen LogP contribution in [0.1, 0.15) is 6.92 Å². The zero-order valence-corrected chi connectivity index (χ0v) is 13.4. The van der Waals surface area contributed by atoms with Crippen LogP contribution in [0.25, 0.3) is 10.2 Å². The van der Waals surface area contributed by atoms with E-state index in [1.807, 2.05) is 12.1 Å². The zero-order chi connectivity index (χ0) is 14.8. The molecule has 1 fully saturated rings. The number of benzene rings is 1. The minimum absolute atomic E-state index is 0.461. The third-order valence-electron chi connectivity index (χ3n) is 4.14. The Bertz CT molecular complexity index is 607. The van der Waals surface area contributed by atoms with Crippen LogP contribution in [0.3, 0.4) is 0 Å². The van der Waals surface area contributed by atoms with Crippen LogP contribution in [-0.4, -0.2) is 55.8 Å². The van der Waals surface area contributed by atoms with Crippen molar-refractivity contribution in [2.45, 2.75) is 13.0 Å². The fraction of sp³-hybridized carbons (Fsp3) is 0.533. The van der Waals surface area contributed by atoms with E-state index in [4.69, 9.17) is 15.5 Å². The van der Waals surface area contributed by atoms with Gasteiger partial charge >= 0.3 is 0 Å². The van der Waals surface area contributed by atoms with Crippen LogP contribution in [0.2, 0.25) is 0 Å². The van der Waals surface area contributed by atoms with E-state index in [-0.39, 0.29) is 0 Å². The van der Waals surface area contributed by atoms with Crippen LogP contribution in [0.15, 0.2) is 18.2 Å². The molecule has 2 heterocycles. The van der Waals surface area contributed by atoms with Crippen LogP contribution in [-0.2, 0) is 0 Å². The van der Waals surface area contributed by atoms with E-state index in [1.165, 1.54) is 4.70 Å². The lowest BCUT2D eigenvalue weighted by Gasteiger charge is -2.37. The number of rotatable bonds is 4. The Morgan fingerprint density at radius 2 is 2.10 bits per heavy atom. The Morgan fingerprint density at radius 1 is 1.33 bits per heavy atom. The van der Waals surface area contributed by atoms with Crippen molar-refractivity contribution in [3.8, 4) is 5.75 Å². The molecular formula is C15H22N4OS. The molecule has 0 amide bonds. The van der Waals surface area contributed by atoms with Gasteiger partial charge < -0.3 is 15.4 Å². The van der Waals surface area contributed by atoms with Crippen LogP contribution in [0.5, 0.6) is 5.75 Å². The Hall–Kier alpha value is -1.37. The first-order valence-electron chi connectivity index (χ1n) is 7.35. The number of para-hydroxylation sites is 1. The summed E-state index contributed by atoms with van der Waals surface area (Å²) in [7, 11) is 1.70. The molecule has 0 radical (unpaired) electrons. The molecule has 1 aliphatic heterocycles. The Morgan fingerprint density at radius 3 is 2.76 bits per heavy atom. The van der Waals surface area contributed by atoms with Gasteiger partial charge in [-0.05, 0) is 19.1 Å². The molecule has 0 saturated carbocycles. The molecular weight excluding hydrogens is 284 g/mol. The molecule has 1 saturated heterocycles. The molecule has 0 aliphatic carbocycles. The number of hydrogen-bond acceptors (Lipinski definition) is 6. The minimum atomic E-state index is 0.461. The second-order valence-corrected chi connectivity index (χ2v) is 6.42. The van der Waals surface area contributed by atoms with E-state index in [2.05, 4.69) is 22.8 Å². The van der Waals surface area contributed by atoms with Crippen LogP contribution < -0.4 is 15.4 Å². The zero-order valence-electron chi connectivity index (χ0n) is 12.6. The summed E-state index contributed by atoms with van der Waals surface area (Å²) in [5.74, 6) is 0.852. The van der Waals surface area contributed by atoms with Crippen molar-refractivity contribution in [2.75, 3.05) is 44.7 Å². The first-order valence-corrected chi connectivity index (χ1v) is 8.17. The van der Waals surface area contributed by atoms with Gasteiger partial charge in [0.15, 0.2) is 5.13 Å². The maximum absolute atomic E-state index is 5.75. The van der Waals surface area contributed by atoms with Crippen LogP contribution >= 0.6 is 11.3 Å². The Kier molecular flexibility index (Phi) is 4.28. The van der Waals surface area contributed by atoms with Gasteiger partial charge in [0.25, 0.3) is 0 Å². The highest BCUT2D eigenvalue weighted by Gasteiger charge is 2.22. The lowest BCUT2D eigenvalue weighted by Crippen LogP contribution is -2.51. The Labute approximate surface area is 129 Å². The highest BCUT2D eigenvalue weighted by Crippen LogP contribution is 2.34. The summed E-state index contributed by atoms with van der Waals surface area (Å²) in [6.07, 6.45) is 0. The highest BCUT2D eigenvalue weighted by molar-refractivity contribution is 7.22. The van der Waals surface area contributed by atoms with Crippen LogP contribution in [0.4, 0.5) is 5.13 Å². The molecule has 21 heavy (non-hydrogen) atoms. The molecule has 5 nitrogen and oxygen atoms in total. The predicted molar refractivity (Wildman–Crippen MR) is 88.5 cm³/mol. The van der Waals surface area contributed by atoms with Gasteiger partial charge in [-0.2, -0.15) is 0 Å². The topological polar surface area (TPSA) is 54.6 Å². The van der Waals surface area contributed by atoms with Gasteiger partial charge in [-0.1, -0.05) is 17.4 Å². The van der Waals surface area contributed by atoms with Crippen molar-refractivity contribution in [3.63, 3.8) is 0 Å². The van der Waals surface area contributed by atoms with Crippen molar-refractivity contribution in [2.24, 2.45) is 5.73 Å². The molecule has 6 heteroatoms. The summed E-state index contributed by atoms with van der Waals surface area (Å²) in [5.41, 5.74) is 6.72. The summed E-state index contributed by atoms with van der Waals surface area (Å²) >= 11 is 1.74. The predicted octanol–water partition coefficient (Wildman–Crippen LogP) is 1.77. The normalized spacial score (nSPS) is 18.1. The lowest BCUT2D eigenvalue weighted by molar-refractivity contribution is 0.201. The minimum Gasteiger partial charge on any atom is -0.494 e. The van der Waals surface area contributed by atoms with Crippen molar-refractivity contribution in [1.82, 2.24) is 9.88 Å². The maximum Gasteiger partial charge on any atom is 0.186 e. The molecule has 1 aromatic heterocycles. The largest absolute Gasteiger partial charge is 0.494 e. The summed E-state index contributed by atoms with van der Waals surface area (Å²) in [6, 6.07) is 6.55. The van der Waals surface area contributed by atoms with Gasteiger partial charge in [0.2, 0.25) is 0 Å². The van der Waals surface area contributed by atoms with Gasteiger partial charge in [-0.15, -0.1) is 0 Å². The van der Waals surface area contributed by atoms with E-state index in [9.17, 15) is 0 Å². The number of hydrogen-bond donors (Lipinski definition) is 1.